The minimum Gasteiger partial charge on any atom is -0.388 e. The Balaban J connectivity index is 1.71. The van der Waals surface area contributed by atoms with Crippen LogP contribution in [0.15, 0.2) is 34.2 Å². The lowest BCUT2D eigenvalue weighted by Gasteiger charge is -2.19. The molecule has 0 radical (unpaired) electrons. The summed E-state index contributed by atoms with van der Waals surface area (Å²) in [7, 11) is 1.91. The zero-order valence-corrected chi connectivity index (χ0v) is 16.4. The Morgan fingerprint density at radius 3 is 2.85 bits per heavy atom. The molecule has 1 heterocycles. The predicted octanol–water partition coefficient (Wildman–Crippen LogP) is 4.90. The molecule has 1 aromatic carbocycles. The molecule has 26 heavy (non-hydrogen) atoms. The van der Waals surface area contributed by atoms with E-state index in [2.05, 4.69) is 27.8 Å². The van der Waals surface area contributed by atoms with Gasteiger partial charge in [0.05, 0.1) is 4.91 Å². The summed E-state index contributed by atoms with van der Waals surface area (Å²) in [5, 5.41) is 6.84. The summed E-state index contributed by atoms with van der Waals surface area (Å²) in [6, 6.07) is 6.15. The molecule has 1 saturated heterocycles. The highest BCUT2D eigenvalue weighted by Gasteiger charge is 2.24. The minimum atomic E-state index is -0.0531. The van der Waals surface area contributed by atoms with Gasteiger partial charge in [-0.15, -0.1) is 0 Å². The molecule has 138 valence electrons. The number of rotatable bonds is 5. The quantitative estimate of drug-likeness (QED) is 0.726. The molecule has 1 aliphatic heterocycles. The molecule has 1 aliphatic carbocycles. The molecule has 1 saturated carbocycles. The summed E-state index contributed by atoms with van der Waals surface area (Å²) in [6.45, 7) is 2.83. The second-order valence-electron chi connectivity index (χ2n) is 6.81. The highest BCUT2D eigenvalue weighted by atomic mass is 32.2. The van der Waals surface area contributed by atoms with Gasteiger partial charge in [0.15, 0.2) is 5.17 Å². The lowest BCUT2D eigenvalue weighted by atomic mass is 9.89. The van der Waals surface area contributed by atoms with Crippen LogP contribution in [0.5, 0.6) is 0 Å². The van der Waals surface area contributed by atoms with Crippen molar-refractivity contribution in [3.63, 3.8) is 0 Å². The van der Waals surface area contributed by atoms with Crippen molar-refractivity contribution in [2.45, 2.75) is 39.0 Å². The van der Waals surface area contributed by atoms with E-state index in [1.165, 1.54) is 43.9 Å². The fourth-order valence-electron chi connectivity index (χ4n) is 3.45. The molecule has 1 aromatic rings. The van der Waals surface area contributed by atoms with Gasteiger partial charge in [-0.25, -0.2) is 0 Å². The molecule has 5 heteroatoms. The fraction of sp³-hybridized carbons (Fsp3) is 0.429. The maximum Gasteiger partial charge on any atom is 0.264 e. The molecular weight excluding hydrogens is 342 g/mol. The zero-order valence-electron chi connectivity index (χ0n) is 15.5. The third-order valence-electron chi connectivity index (χ3n) is 4.86. The van der Waals surface area contributed by atoms with Crippen molar-refractivity contribution >= 4 is 40.7 Å². The molecule has 2 N–H and O–H groups in total. The molecular formula is C21H27N3OS. The molecule has 2 aliphatic rings. The van der Waals surface area contributed by atoms with Gasteiger partial charge in [0.2, 0.25) is 0 Å². The van der Waals surface area contributed by atoms with E-state index >= 15 is 0 Å². The monoisotopic (exact) mass is 369 g/mol. The van der Waals surface area contributed by atoms with E-state index in [0.717, 1.165) is 28.5 Å². The number of hydrogen-bond acceptors (Lipinski definition) is 4. The second-order valence-corrected chi connectivity index (χ2v) is 7.84. The van der Waals surface area contributed by atoms with Crippen molar-refractivity contribution in [1.82, 2.24) is 5.32 Å². The number of nitrogens with one attached hydrogen (secondary N) is 2. The number of hydrogen-bond donors (Lipinski definition) is 2. The number of allylic oxidation sites excluding steroid dienone is 1. The van der Waals surface area contributed by atoms with E-state index in [9.17, 15) is 4.79 Å². The van der Waals surface area contributed by atoms with Gasteiger partial charge < -0.3 is 10.6 Å². The zero-order chi connectivity index (χ0) is 18.4. The highest BCUT2D eigenvalue weighted by molar-refractivity contribution is 8.18. The van der Waals surface area contributed by atoms with Gasteiger partial charge in [-0.05, 0) is 66.8 Å². The van der Waals surface area contributed by atoms with Crippen LogP contribution in [0, 0.1) is 5.92 Å². The van der Waals surface area contributed by atoms with Crippen molar-refractivity contribution in [3.8, 4) is 0 Å². The van der Waals surface area contributed by atoms with Gasteiger partial charge in [0, 0.05) is 19.3 Å². The lowest BCUT2D eigenvalue weighted by molar-refractivity contribution is -0.115. The van der Waals surface area contributed by atoms with Gasteiger partial charge in [-0.1, -0.05) is 37.5 Å². The summed E-state index contributed by atoms with van der Waals surface area (Å²) in [5.41, 5.74) is 3.20. The topological polar surface area (TPSA) is 53.5 Å². The number of aliphatic imine (C=N–C) groups is 1. The van der Waals surface area contributed by atoms with Crippen LogP contribution < -0.4 is 10.6 Å². The number of carbonyl (C=O) groups excluding carboxylic acids is 1. The molecule has 0 bridgehead atoms. The van der Waals surface area contributed by atoms with Crippen molar-refractivity contribution in [2.75, 3.05) is 18.9 Å². The fourth-order valence-corrected chi connectivity index (χ4v) is 4.28. The lowest BCUT2D eigenvalue weighted by Crippen LogP contribution is -2.21. The summed E-state index contributed by atoms with van der Waals surface area (Å²) >= 11 is 1.45. The minimum absolute atomic E-state index is 0.0531. The van der Waals surface area contributed by atoms with E-state index in [4.69, 9.17) is 0 Å². The Hall–Kier alpha value is -2.01. The van der Waals surface area contributed by atoms with Crippen LogP contribution in [0.4, 0.5) is 5.69 Å². The molecule has 0 atom stereocenters. The molecule has 2 fully saturated rings. The van der Waals surface area contributed by atoms with Crippen LogP contribution in [0.3, 0.4) is 0 Å². The summed E-state index contributed by atoms with van der Waals surface area (Å²) in [5.74, 6) is 0.627. The van der Waals surface area contributed by atoms with Crippen molar-refractivity contribution < 1.29 is 4.79 Å². The van der Waals surface area contributed by atoms with Crippen LogP contribution in [0.1, 0.15) is 50.2 Å². The SMILES string of the molecule is C/C=C\c1cc(/C=C2\SC(=NCC3CCCCC3)NC2=O)ccc1NC. The van der Waals surface area contributed by atoms with Gasteiger partial charge >= 0.3 is 0 Å². The Bertz CT molecular complexity index is 746. The Morgan fingerprint density at radius 2 is 2.12 bits per heavy atom. The standard InChI is InChI=1S/C21H27N3OS/c1-3-7-17-12-16(10-11-18(17)22-2)13-19-20(25)24-21(26-19)23-14-15-8-5-4-6-9-15/h3,7,10-13,15,22H,4-6,8-9,14H2,1-2H3,(H,23,24,25)/b7-3-,19-13-. The second kappa shape index (κ2) is 9.08. The van der Waals surface area contributed by atoms with E-state index in [-0.39, 0.29) is 5.91 Å². The number of carbonyl (C=O) groups is 1. The predicted molar refractivity (Wildman–Crippen MR) is 113 cm³/mol. The van der Waals surface area contributed by atoms with Crippen LogP contribution in [-0.2, 0) is 4.79 Å². The van der Waals surface area contributed by atoms with Crippen LogP contribution >= 0.6 is 11.8 Å². The first-order valence-corrected chi connectivity index (χ1v) is 10.2. The first kappa shape index (κ1) is 18.8. The molecule has 3 rings (SSSR count). The van der Waals surface area contributed by atoms with Crippen molar-refractivity contribution in [3.05, 3.63) is 40.3 Å². The Morgan fingerprint density at radius 1 is 1.31 bits per heavy atom. The number of amides is 1. The van der Waals surface area contributed by atoms with E-state index in [0.29, 0.717) is 10.8 Å². The van der Waals surface area contributed by atoms with Gasteiger partial charge in [0.1, 0.15) is 0 Å². The first-order valence-electron chi connectivity index (χ1n) is 9.39. The first-order chi connectivity index (χ1) is 12.7. The molecule has 0 unspecified atom stereocenters. The van der Waals surface area contributed by atoms with Gasteiger partial charge in [-0.3, -0.25) is 9.79 Å². The summed E-state index contributed by atoms with van der Waals surface area (Å²) in [6.07, 6.45) is 12.5. The third kappa shape index (κ3) is 4.79. The average Bonchev–Trinajstić information content (AvgIpc) is 3.01. The molecule has 0 spiro atoms. The maximum atomic E-state index is 12.3. The van der Waals surface area contributed by atoms with E-state index < -0.39 is 0 Å². The number of amidine groups is 1. The normalized spacial score (nSPS) is 21.7. The Labute approximate surface area is 160 Å². The van der Waals surface area contributed by atoms with E-state index in [1.807, 2.05) is 38.3 Å². The Kier molecular flexibility index (Phi) is 6.56. The van der Waals surface area contributed by atoms with Gasteiger partial charge in [0.25, 0.3) is 5.91 Å². The number of anilines is 1. The average molecular weight is 370 g/mol. The maximum absolute atomic E-state index is 12.3. The summed E-state index contributed by atoms with van der Waals surface area (Å²) in [4.78, 5) is 17.6. The van der Waals surface area contributed by atoms with Crippen LogP contribution in [0.25, 0.3) is 12.2 Å². The highest BCUT2D eigenvalue weighted by Crippen LogP contribution is 2.29. The smallest absolute Gasteiger partial charge is 0.264 e. The largest absolute Gasteiger partial charge is 0.388 e. The molecule has 0 aromatic heterocycles. The van der Waals surface area contributed by atoms with Crippen LogP contribution in [0.2, 0.25) is 0 Å². The third-order valence-corrected chi connectivity index (χ3v) is 5.81. The molecule has 1 amide bonds. The van der Waals surface area contributed by atoms with Gasteiger partial charge in [-0.2, -0.15) is 0 Å². The van der Waals surface area contributed by atoms with Crippen molar-refractivity contribution in [2.24, 2.45) is 10.9 Å². The number of nitrogens with zero attached hydrogens (tertiary/aromatic N) is 1. The van der Waals surface area contributed by atoms with Crippen molar-refractivity contribution in [1.29, 1.82) is 0 Å². The summed E-state index contributed by atoms with van der Waals surface area (Å²) < 4.78 is 0. The molecule has 4 nitrogen and oxygen atoms in total. The number of thioether (sulfide) groups is 1. The van der Waals surface area contributed by atoms with E-state index in [1.54, 1.807) is 0 Å². The van der Waals surface area contributed by atoms with Crippen LogP contribution in [-0.4, -0.2) is 24.7 Å². The number of benzene rings is 1.